The summed E-state index contributed by atoms with van der Waals surface area (Å²) in [5.74, 6) is -3.11. The van der Waals surface area contributed by atoms with Crippen LogP contribution in [0.15, 0.2) is 79.9 Å². The van der Waals surface area contributed by atoms with Crippen molar-refractivity contribution >= 4 is 35.1 Å². The number of hydrogen-bond acceptors (Lipinski definition) is 8. The molecule has 0 aliphatic carbocycles. The molecule has 0 unspecified atom stereocenters. The lowest BCUT2D eigenvalue weighted by molar-refractivity contribution is -0.160. The minimum Gasteiger partial charge on any atom is -0.455 e. The number of fused-ring (bicyclic) bond motifs is 1. The van der Waals surface area contributed by atoms with Gasteiger partial charge in [-0.3, -0.25) is 19.2 Å². The smallest absolute Gasteiger partial charge is 0.313 e. The van der Waals surface area contributed by atoms with Crippen molar-refractivity contribution in [2.24, 2.45) is 11.8 Å². The highest BCUT2D eigenvalue weighted by atomic mass is 16.6. The van der Waals surface area contributed by atoms with E-state index in [0.717, 1.165) is 31.6 Å². The summed E-state index contributed by atoms with van der Waals surface area (Å²) in [5.41, 5.74) is 1.25. The number of nitrogens with zero attached hydrogens (tertiary/aromatic N) is 3. The van der Waals surface area contributed by atoms with Gasteiger partial charge in [-0.05, 0) is 75.8 Å². The second kappa shape index (κ2) is 18.5. The third kappa shape index (κ3) is 8.52. The van der Waals surface area contributed by atoms with Gasteiger partial charge in [0, 0.05) is 50.6 Å². The molecule has 3 aliphatic rings. The second-order valence-corrected chi connectivity index (χ2v) is 14.1. The van der Waals surface area contributed by atoms with Gasteiger partial charge in [0.2, 0.25) is 11.8 Å². The van der Waals surface area contributed by atoms with Gasteiger partial charge < -0.3 is 34.6 Å². The van der Waals surface area contributed by atoms with Crippen LogP contribution in [0.3, 0.4) is 0 Å². The highest BCUT2D eigenvalue weighted by Gasteiger charge is 2.75. The molecule has 3 heterocycles. The van der Waals surface area contributed by atoms with Crippen LogP contribution in [0.1, 0.15) is 76.9 Å². The molecular formula is C42H56N4O7. The molecular weight excluding hydrogens is 672 g/mol. The molecule has 5 rings (SSSR count). The summed E-state index contributed by atoms with van der Waals surface area (Å²) in [5, 5.41) is 12.2. The number of rotatable bonds is 21. The van der Waals surface area contributed by atoms with Crippen LogP contribution in [0, 0.1) is 11.8 Å². The molecule has 3 fully saturated rings. The number of unbranched alkanes of at least 4 members (excludes halogenated alkanes) is 3. The average molecular weight is 729 g/mol. The lowest BCUT2D eigenvalue weighted by Gasteiger charge is -2.37. The Bertz CT molecular complexity index is 1580. The lowest BCUT2D eigenvalue weighted by Crippen LogP contribution is -2.56. The van der Waals surface area contributed by atoms with Crippen LogP contribution in [-0.2, 0) is 28.7 Å². The van der Waals surface area contributed by atoms with E-state index in [1.165, 1.54) is 0 Å². The highest BCUT2D eigenvalue weighted by molar-refractivity contribution is 6.04. The summed E-state index contributed by atoms with van der Waals surface area (Å²) in [6.07, 6.45) is 6.61. The van der Waals surface area contributed by atoms with Crippen LogP contribution in [0.4, 0.5) is 11.4 Å². The molecule has 0 saturated carbocycles. The number of nitrogens with one attached hydrogen (secondary N) is 1. The Labute approximate surface area is 314 Å². The molecule has 3 aliphatic heterocycles. The number of allylic oxidation sites excluding steroid dienone is 1. The summed E-state index contributed by atoms with van der Waals surface area (Å²) in [6.45, 7) is 14.2. The van der Waals surface area contributed by atoms with Gasteiger partial charge >= 0.3 is 5.97 Å². The largest absolute Gasteiger partial charge is 0.455 e. The average Bonchev–Trinajstić information content (AvgIpc) is 3.82. The number of esters is 1. The zero-order valence-corrected chi connectivity index (χ0v) is 31.3. The van der Waals surface area contributed by atoms with Gasteiger partial charge in [-0.25, -0.2) is 0 Å². The molecule has 11 nitrogen and oxygen atoms in total. The number of aliphatic hydroxyl groups is 1. The number of carbonyl (C=O) groups excluding carboxylic acids is 4. The van der Waals surface area contributed by atoms with E-state index in [2.05, 4.69) is 37.2 Å². The van der Waals surface area contributed by atoms with Crippen molar-refractivity contribution in [3.8, 4) is 0 Å². The number of aliphatic hydroxyl groups excluding tert-OH is 1. The summed E-state index contributed by atoms with van der Waals surface area (Å²) in [6, 6.07) is 16.1. The third-order valence-corrected chi connectivity index (χ3v) is 11.0. The SMILES string of the molecule is C=CCCC(=O)NC[C@@H](OC(=O)[C@@H]1[C@@H]2CC[C@]3(O2)[C@H](C(=O)N(CC=C)c2ccc(N(CC)CC)cc2)N(CCCCCCO)C(=O)[C@@H]13)c1ccccc1. The number of likely N-dealkylation sites (tertiary alicyclic amines) is 1. The Morgan fingerprint density at radius 2 is 1.72 bits per heavy atom. The van der Waals surface area contributed by atoms with Crippen LogP contribution >= 0.6 is 0 Å². The Balaban J connectivity index is 1.44. The molecule has 0 radical (unpaired) electrons. The van der Waals surface area contributed by atoms with Gasteiger partial charge in [-0.15, -0.1) is 13.2 Å². The van der Waals surface area contributed by atoms with Crippen molar-refractivity contribution in [1.82, 2.24) is 10.2 Å². The van der Waals surface area contributed by atoms with E-state index in [-0.39, 0.29) is 43.8 Å². The van der Waals surface area contributed by atoms with E-state index in [1.807, 2.05) is 54.6 Å². The van der Waals surface area contributed by atoms with E-state index < -0.39 is 41.7 Å². The highest BCUT2D eigenvalue weighted by Crippen LogP contribution is 2.59. The molecule has 3 amide bonds. The van der Waals surface area contributed by atoms with Gasteiger partial charge in [0.25, 0.3) is 5.91 Å². The van der Waals surface area contributed by atoms with Gasteiger partial charge in [0.1, 0.15) is 17.7 Å². The molecule has 2 aromatic rings. The Hall–Kier alpha value is -4.48. The van der Waals surface area contributed by atoms with Crippen molar-refractivity contribution in [2.45, 2.75) is 89.1 Å². The van der Waals surface area contributed by atoms with Crippen molar-refractivity contribution in [1.29, 1.82) is 0 Å². The van der Waals surface area contributed by atoms with Gasteiger partial charge in [-0.2, -0.15) is 0 Å². The maximum Gasteiger partial charge on any atom is 0.313 e. The maximum atomic E-state index is 14.9. The molecule has 1 spiro atoms. The predicted molar refractivity (Wildman–Crippen MR) is 205 cm³/mol. The molecule has 2 bridgehead atoms. The predicted octanol–water partition coefficient (Wildman–Crippen LogP) is 5.35. The lowest BCUT2D eigenvalue weighted by atomic mass is 9.70. The molecule has 53 heavy (non-hydrogen) atoms. The molecule has 3 saturated heterocycles. The van der Waals surface area contributed by atoms with E-state index in [1.54, 1.807) is 22.0 Å². The minimum atomic E-state index is -1.20. The molecule has 2 aromatic carbocycles. The van der Waals surface area contributed by atoms with Crippen molar-refractivity contribution in [2.75, 3.05) is 49.1 Å². The number of ether oxygens (including phenoxy) is 2. The topological polar surface area (TPSA) is 129 Å². The Morgan fingerprint density at radius 3 is 2.38 bits per heavy atom. The van der Waals surface area contributed by atoms with E-state index in [9.17, 15) is 24.3 Å². The maximum absolute atomic E-state index is 14.9. The fourth-order valence-corrected chi connectivity index (χ4v) is 8.36. The monoisotopic (exact) mass is 728 g/mol. The Kier molecular flexibility index (Phi) is 13.9. The second-order valence-electron chi connectivity index (χ2n) is 14.1. The van der Waals surface area contributed by atoms with Crippen LogP contribution in [-0.4, -0.2) is 90.8 Å². The number of anilines is 2. The zero-order valence-electron chi connectivity index (χ0n) is 31.3. The number of hydrogen-bond donors (Lipinski definition) is 2. The van der Waals surface area contributed by atoms with Crippen LogP contribution < -0.4 is 15.1 Å². The number of benzene rings is 2. The first-order chi connectivity index (χ1) is 25.7. The van der Waals surface area contributed by atoms with E-state index >= 15 is 0 Å². The van der Waals surface area contributed by atoms with Gasteiger partial charge in [-0.1, -0.05) is 55.3 Å². The quantitative estimate of drug-likeness (QED) is 0.100. The molecule has 6 atom stereocenters. The summed E-state index contributed by atoms with van der Waals surface area (Å²) < 4.78 is 12.9. The normalized spacial score (nSPS) is 23.3. The van der Waals surface area contributed by atoms with E-state index in [0.29, 0.717) is 49.9 Å². The third-order valence-electron chi connectivity index (χ3n) is 11.0. The number of carbonyl (C=O) groups is 4. The van der Waals surface area contributed by atoms with E-state index in [4.69, 9.17) is 9.47 Å². The summed E-state index contributed by atoms with van der Waals surface area (Å²) in [7, 11) is 0. The fourth-order valence-electron chi connectivity index (χ4n) is 8.36. The summed E-state index contributed by atoms with van der Waals surface area (Å²) in [4.78, 5) is 61.9. The van der Waals surface area contributed by atoms with Crippen molar-refractivity contribution < 1.29 is 33.8 Å². The Morgan fingerprint density at radius 1 is 1.02 bits per heavy atom. The fraction of sp³-hybridized carbons (Fsp3) is 0.524. The first-order valence-electron chi connectivity index (χ1n) is 19.2. The first-order valence-corrected chi connectivity index (χ1v) is 19.2. The van der Waals surface area contributed by atoms with Crippen molar-refractivity contribution in [3.05, 3.63) is 85.5 Å². The van der Waals surface area contributed by atoms with Crippen LogP contribution in [0.2, 0.25) is 0 Å². The molecule has 286 valence electrons. The number of amides is 3. The van der Waals surface area contributed by atoms with Crippen molar-refractivity contribution in [3.63, 3.8) is 0 Å². The van der Waals surface area contributed by atoms with Gasteiger partial charge in [0.05, 0.1) is 24.5 Å². The van der Waals surface area contributed by atoms with Crippen LogP contribution in [0.25, 0.3) is 0 Å². The molecule has 0 aromatic heterocycles. The van der Waals surface area contributed by atoms with Gasteiger partial charge in [0.15, 0.2) is 0 Å². The van der Waals surface area contributed by atoms with Crippen LogP contribution in [0.5, 0.6) is 0 Å². The molecule has 2 N–H and O–H groups in total. The molecule has 11 heteroatoms. The first kappa shape index (κ1) is 39.7. The minimum absolute atomic E-state index is 0.0678. The standard InChI is InChI=1S/C42H56N4O7/c1-5-9-19-35(48)43-29-34(30-17-13-12-14-18-30)52-41(51)36-33-24-25-42(53-33)37(36)39(49)46(27-15-10-11-16-28-47)38(42)40(50)45(26-6-2)32-22-20-31(21-23-32)44(7-3)8-4/h5-6,12-14,17-18,20-23,33-34,36-38,47H,1-2,7-11,15-16,19,24-29H2,3-4H3,(H,43,48)/t33-,34+,36+,37+,38-,42+/m0/s1. The summed E-state index contributed by atoms with van der Waals surface area (Å²) >= 11 is 0. The zero-order chi connectivity index (χ0) is 38.0.